The van der Waals surface area contributed by atoms with Crippen LogP contribution in [0.4, 0.5) is 0 Å². The molecule has 0 fully saturated rings. The van der Waals surface area contributed by atoms with Crippen LogP contribution in [0.3, 0.4) is 0 Å². The van der Waals surface area contributed by atoms with E-state index < -0.39 is 10.0 Å². The molecular weight excluding hydrogens is 410 g/mol. The van der Waals surface area contributed by atoms with Crippen molar-refractivity contribution in [1.29, 1.82) is 0 Å². The van der Waals surface area contributed by atoms with Gasteiger partial charge in [0.1, 0.15) is 12.4 Å². The van der Waals surface area contributed by atoms with Crippen LogP contribution >= 0.6 is 11.3 Å². The van der Waals surface area contributed by atoms with Crippen molar-refractivity contribution in [3.63, 3.8) is 0 Å². The molecule has 0 spiro atoms. The van der Waals surface area contributed by atoms with Gasteiger partial charge in [0, 0.05) is 10.9 Å². The summed E-state index contributed by atoms with van der Waals surface area (Å²) in [6, 6.07) is 12.7. The zero-order valence-corrected chi connectivity index (χ0v) is 17.6. The summed E-state index contributed by atoms with van der Waals surface area (Å²) < 4.78 is 28.4. The predicted octanol–water partition coefficient (Wildman–Crippen LogP) is 3.17. The SMILES string of the molecule is Cc1nc(COc2cccc(C(=O)N[C@H](C)c3ccc(S(N)(=O)=O)cc3)c2)cs1. The van der Waals surface area contributed by atoms with Gasteiger partial charge in [-0.25, -0.2) is 18.5 Å². The lowest BCUT2D eigenvalue weighted by molar-refractivity contribution is 0.0939. The van der Waals surface area contributed by atoms with Gasteiger partial charge in [0.25, 0.3) is 5.91 Å². The molecule has 0 aliphatic heterocycles. The van der Waals surface area contributed by atoms with Crippen LogP contribution in [-0.2, 0) is 16.6 Å². The fraction of sp³-hybridized carbons (Fsp3) is 0.200. The molecule has 3 N–H and O–H groups in total. The Labute approximate surface area is 173 Å². The maximum absolute atomic E-state index is 12.6. The van der Waals surface area contributed by atoms with E-state index in [0.717, 1.165) is 16.3 Å². The molecule has 0 saturated heterocycles. The molecular formula is C20H21N3O4S2. The van der Waals surface area contributed by atoms with Gasteiger partial charge in [-0.1, -0.05) is 18.2 Å². The first-order valence-electron chi connectivity index (χ1n) is 8.80. The summed E-state index contributed by atoms with van der Waals surface area (Å²) in [5, 5.41) is 10.9. The van der Waals surface area contributed by atoms with Crippen molar-refractivity contribution >= 4 is 27.3 Å². The van der Waals surface area contributed by atoms with E-state index in [4.69, 9.17) is 9.88 Å². The Bertz CT molecular complexity index is 1110. The van der Waals surface area contributed by atoms with Crippen LogP contribution < -0.4 is 15.2 Å². The predicted molar refractivity (Wildman–Crippen MR) is 111 cm³/mol. The van der Waals surface area contributed by atoms with Crippen LogP contribution in [0.15, 0.2) is 58.8 Å². The van der Waals surface area contributed by atoms with Crippen molar-refractivity contribution in [3.05, 3.63) is 75.7 Å². The lowest BCUT2D eigenvalue weighted by Crippen LogP contribution is -2.26. The van der Waals surface area contributed by atoms with E-state index >= 15 is 0 Å². The van der Waals surface area contributed by atoms with Crippen molar-refractivity contribution in [3.8, 4) is 5.75 Å². The van der Waals surface area contributed by atoms with Gasteiger partial charge in [0.05, 0.1) is 21.6 Å². The van der Waals surface area contributed by atoms with Crippen molar-refractivity contribution < 1.29 is 17.9 Å². The third-order valence-corrected chi connectivity index (χ3v) is 5.96. The second kappa shape index (κ2) is 8.73. The summed E-state index contributed by atoms with van der Waals surface area (Å²) in [5.74, 6) is 0.316. The molecule has 152 valence electrons. The molecule has 0 aliphatic rings. The highest BCUT2D eigenvalue weighted by atomic mass is 32.2. The van der Waals surface area contributed by atoms with Crippen LogP contribution in [0.2, 0.25) is 0 Å². The number of hydrogen-bond acceptors (Lipinski definition) is 6. The molecule has 1 aromatic heterocycles. The van der Waals surface area contributed by atoms with Gasteiger partial charge in [0.2, 0.25) is 10.0 Å². The van der Waals surface area contributed by atoms with Crippen LogP contribution in [0.5, 0.6) is 5.75 Å². The first-order valence-corrected chi connectivity index (χ1v) is 11.2. The monoisotopic (exact) mass is 431 g/mol. The highest BCUT2D eigenvalue weighted by Crippen LogP contribution is 2.19. The summed E-state index contributed by atoms with van der Waals surface area (Å²) in [5.41, 5.74) is 2.07. The number of nitrogens with two attached hydrogens (primary N) is 1. The minimum atomic E-state index is -3.75. The van der Waals surface area contributed by atoms with Gasteiger partial charge in [-0.2, -0.15) is 0 Å². The smallest absolute Gasteiger partial charge is 0.251 e. The Hall–Kier alpha value is -2.75. The van der Waals surface area contributed by atoms with Crippen molar-refractivity contribution in [1.82, 2.24) is 10.3 Å². The Balaban J connectivity index is 1.64. The van der Waals surface area contributed by atoms with Crippen molar-refractivity contribution in [2.24, 2.45) is 5.14 Å². The van der Waals surface area contributed by atoms with Crippen LogP contribution in [0, 0.1) is 6.92 Å². The van der Waals surface area contributed by atoms with Crippen LogP contribution in [-0.4, -0.2) is 19.3 Å². The number of rotatable bonds is 7. The molecule has 1 heterocycles. The van der Waals surface area contributed by atoms with E-state index in [2.05, 4.69) is 10.3 Å². The van der Waals surface area contributed by atoms with Crippen molar-refractivity contribution in [2.45, 2.75) is 31.4 Å². The lowest BCUT2D eigenvalue weighted by atomic mass is 10.1. The van der Waals surface area contributed by atoms with E-state index in [1.807, 2.05) is 19.2 Å². The topological polar surface area (TPSA) is 111 Å². The number of nitrogens with one attached hydrogen (secondary N) is 1. The Morgan fingerprint density at radius 3 is 2.59 bits per heavy atom. The number of benzene rings is 2. The van der Waals surface area contributed by atoms with E-state index in [1.165, 1.54) is 12.1 Å². The number of carbonyl (C=O) groups is 1. The van der Waals surface area contributed by atoms with E-state index in [9.17, 15) is 13.2 Å². The van der Waals surface area contributed by atoms with Crippen LogP contribution in [0.25, 0.3) is 0 Å². The second-order valence-electron chi connectivity index (χ2n) is 6.48. The first kappa shape index (κ1) is 21.0. The maximum atomic E-state index is 12.6. The number of nitrogens with zero attached hydrogens (tertiary/aromatic N) is 1. The van der Waals surface area contributed by atoms with Gasteiger partial charge >= 0.3 is 0 Å². The lowest BCUT2D eigenvalue weighted by Gasteiger charge is -2.15. The zero-order chi connectivity index (χ0) is 21.0. The minimum Gasteiger partial charge on any atom is -0.487 e. The number of primary sulfonamides is 1. The second-order valence-corrected chi connectivity index (χ2v) is 9.11. The van der Waals surface area contributed by atoms with Gasteiger partial charge in [-0.15, -0.1) is 11.3 Å². The fourth-order valence-corrected chi connectivity index (χ4v) is 3.78. The quantitative estimate of drug-likeness (QED) is 0.597. The molecule has 0 radical (unpaired) electrons. The summed E-state index contributed by atoms with van der Waals surface area (Å²) in [6.07, 6.45) is 0. The molecule has 29 heavy (non-hydrogen) atoms. The fourth-order valence-electron chi connectivity index (χ4n) is 2.67. The van der Waals surface area contributed by atoms with Gasteiger partial charge in [-0.3, -0.25) is 4.79 Å². The minimum absolute atomic E-state index is 0.0277. The Morgan fingerprint density at radius 2 is 1.97 bits per heavy atom. The molecule has 9 heteroatoms. The highest BCUT2D eigenvalue weighted by molar-refractivity contribution is 7.89. The molecule has 1 amide bonds. The van der Waals surface area contributed by atoms with Crippen molar-refractivity contribution in [2.75, 3.05) is 0 Å². The molecule has 7 nitrogen and oxygen atoms in total. The number of carbonyl (C=O) groups excluding carboxylic acids is 1. The standard InChI is InChI=1S/C20H21N3O4S2/c1-13(15-6-8-19(9-7-15)29(21,25)26)22-20(24)16-4-3-5-18(10-16)27-11-17-12-28-14(2)23-17/h3-10,12-13H,11H2,1-2H3,(H,22,24)(H2,21,25,26)/t13-/m1/s1. The van der Waals surface area contributed by atoms with E-state index in [1.54, 1.807) is 47.7 Å². The summed E-state index contributed by atoms with van der Waals surface area (Å²) in [7, 11) is -3.75. The zero-order valence-electron chi connectivity index (χ0n) is 16.0. The number of sulfonamides is 1. The molecule has 2 aromatic carbocycles. The summed E-state index contributed by atoms with van der Waals surface area (Å²) in [6.45, 7) is 4.08. The average molecular weight is 432 g/mol. The molecule has 0 bridgehead atoms. The summed E-state index contributed by atoms with van der Waals surface area (Å²) in [4.78, 5) is 17.0. The molecule has 3 aromatic rings. The Morgan fingerprint density at radius 1 is 1.24 bits per heavy atom. The van der Waals surface area contributed by atoms with E-state index in [0.29, 0.717) is 17.9 Å². The number of aromatic nitrogens is 1. The van der Waals surface area contributed by atoms with Crippen LogP contribution in [0.1, 0.15) is 39.6 Å². The number of aryl methyl sites for hydroxylation is 1. The number of hydrogen-bond donors (Lipinski definition) is 2. The molecule has 3 rings (SSSR count). The Kier molecular flexibility index (Phi) is 6.31. The van der Waals surface area contributed by atoms with Gasteiger partial charge in [0.15, 0.2) is 0 Å². The van der Waals surface area contributed by atoms with Gasteiger partial charge in [-0.05, 0) is 49.7 Å². The third kappa shape index (κ3) is 5.63. The summed E-state index contributed by atoms with van der Waals surface area (Å²) >= 11 is 1.56. The highest BCUT2D eigenvalue weighted by Gasteiger charge is 2.14. The molecule has 0 unspecified atom stereocenters. The average Bonchev–Trinajstić information content (AvgIpc) is 3.11. The van der Waals surface area contributed by atoms with Gasteiger partial charge < -0.3 is 10.1 Å². The molecule has 1 atom stereocenters. The number of thiazole rings is 1. The third-order valence-electron chi connectivity index (χ3n) is 4.21. The van der Waals surface area contributed by atoms with E-state index in [-0.39, 0.29) is 16.8 Å². The maximum Gasteiger partial charge on any atom is 0.251 e. The molecule has 0 saturated carbocycles. The normalized spacial score (nSPS) is 12.4. The first-order chi connectivity index (χ1) is 13.7. The number of amides is 1. The number of ether oxygens (including phenoxy) is 1. The molecule has 0 aliphatic carbocycles. The largest absolute Gasteiger partial charge is 0.487 e.